The van der Waals surface area contributed by atoms with Crippen molar-refractivity contribution in [1.82, 2.24) is 5.32 Å². The number of carboxylic acids is 1. The Hall–Kier alpha value is -1.63. The number of carbonyl (C=O) groups is 3. The van der Waals surface area contributed by atoms with Crippen molar-refractivity contribution in [3.63, 3.8) is 0 Å². The molecule has 2 unspecified atom stereocenters. The summed E-state index contributed by atoms with van der Waals surface area (Å²) in [5, 5.41) is 11.1. The third-order valence-corrected chi connectivity index (χ3v) is 2.57. The Morgan fingerprint density at radius 1 is 1.53 bits per heavy atom. The molecule has 17 heavy (non-hydrogen) atoms. The van der Waals surface area contributed by atoms with Crippen LogP contribution in [0.4, 0.5) is 0 Å². The fourth-order valence-electron chi connectivity index (χ4n) is 1.44. The van der Waals surface area contributed by atoms with Crippen molar-refractivity contribution in [3.05, 3.63) is 0 Å². The van der Waals surface area contributed by atoms with Crippen LogP contribution in [0.25, 0.3) is 0 Å². The average Bonchev–Trinajstić information content (AvgIpc) is 2.24. The Kier molecular flexibility index (Phi) is 4.06. The summed E-state index contributed by atoms with van der Waals surface area (Å²) >= 11 is 0. The van der Waals surface area contributed by atoms with Crippen molar-refractivity contribution in [3.8, 4) is 0 Å². The summed E-state index contributed by atoms with van der Waals surface area (Å²) in [7, 11) is 1.51. The Morgan fingerprint density at radius 2 is 2.18 bits per heavy atom. The van der Waals surface area contributed by atoms with E-state index in [4.69, 9.17) is 14.6 Å². The molecule has 1 amide bonds. The number of nitrogens with one attached hydrogen (secondary N) is 1. The summed E-state index contributed by atoms with van der Waals surface area (Å²) in [6, 6.07) is 0. The maximum Gasteiger partial charge on any atom is 0.335 e. The number of ether oxygens (including phenoxy) is 2. The number of hydrogen-bond acceptors (Lipinski definition) is 5. The number of esters is 1. The SMILES string of the molecule is COCC(C)COC(=O)C1(C(=O)O)CNC1=O. The van der Waals surface area contributed by atoms with E-state index < -0.39 is 23.3 Å². The van der Waals surface area contributed by atoms with Gasteiger partial charge in [0.2, 0.25) is 0 Å². The van der Waals surface area contributed by atoms with Gasteiger partial charge >= 0.3 is 11.9 Å². The molecular weight excluding hydrogens is 230 g/mol. The highest BCUT2D eigenvalue weighted by atomic mass is 16.5. The molecule has 96 valence electrons. The first kappa shape index (κ1) is 13.4. The van der Waals surface area contributed by atoms with E-state index in [1.54, 1.807) is 6.92 Å². The van der Waals surface area contributed by atoms with Crippen molar-refractivity contribution in [1.29, 1.82) is 0 Å². The summed E-state index contributed by atoms with van der Waals surface area (Å²) in [5.41, 5.74) is -2.06. The largest absolute Gasteiger partial charge is 0.480 e. The predicted octanol–water partition coefficient (Wildman–Crippen LogP) is -0.987. The Bertz CT molecular complexity index is 332. The number of β-lactam (4-membered cyclic amide) rings is 1. The molecule has 1 aliphatic heterocycles. The van der Waals surface area contributed by atoms with Crippen molar-refractivity contribution in [2.45, 2.75) is 6.92 Å². The van der Waals surface area contributed by atoms with E-state index in [0.29, 0.717) is 6.61 Å². The third-order valence-electron chi connectivity index (χ3n) is 2.57. The van der Waals surface area contributed by atoms with Gasteiger partial charge in [-0.3, -0.25) is 14.4 Å². The molecule has 0 aromatic heterocycles. The number of aliphatic carboxylic acids is 1. The lowest BCUT2D eigenvalue weighted by Gasteiger charge is -2.34. The summed E-state index contributed by atoms with van der Waals surface area (Å²) in [5.74, 6) is -3.38. The predicted molar refractivity (Wildman–Crippen MR) is 55.1 cm³/mol. The molecule has 7 heteroatoms. The average molecular weight is 245 g/mol. The maximum absolute atomic E-state index is 11.6. The number of carboxylic acid groups (broad SMARTS) is 1. The Morgan fingerprint density at radius 3 is 2.53 bits per heavy atom. The zero-order valence-corrected chi connectivity index (χ0v) is 9.69. The summed E-state index contributed by atoms with van der Waals surface area (Å²) < 4.78 is 9.68. The lowest BCUT2D eigenvalue weighted by atomic mass is 9.81. The number of amides is 1. The molecule has 0 aromatic carbocycles. The van der Waals surface area contributed by atoms with Crippen LogP contribution in [0.15, 0.2) is 0 Å². The molecule has 0 saturated carbocycles. The van der Waals surface area contributed by atoms with Gasteiger partial charge in [0, 0.05) is 13.0 Å². The van der Waals surface area contributed by atoms with Gasteiger partial charge in [0.1, 0.15) is 0 Å². The highest BCUT2D eigenvalue weighted by molar-refractivity contribution is 6.22. The molecule has 0 aliphatic carbocycles. The van der Waals surface area contributed by atoms with Crippen LogP contribution in [0, 0.1) is 11.3 Å². The smallest absolute Gasteiger partial charge is 0.335 e. The number of carbonyl (C=O) groups excluding carboxylic acids is 2. The zero-order chi connectivity index (χ0) is 13.1. The molecule has 1 heterocycles. The summed E-state index contributed by atoms with van der Waals surface area (Å²) in [4.78, 5) is 33.7. The van der Waals surface area contributed by atoms with Gasteiger partial charge in [-0.2, -0.15) is 0 Å². The van der Waals surface area contributed by atoms with E-state index >= 15 is 0 Å². The second-order valence-corrected chi connectivity index (χ2v) is 4.05. The Labute approximate surface area is 98.1 Å². The number of hydrogen-bond donors (Lipinski definition) is 2. The molecular formula is C10H15NO6. The van der Waals surface area contributed by atoms with E-state index in [2.05, 4.69) is 5.32 Å². The molecule has 1 rings (SSSR count). The van der Waals surface area contributed by atoms with Crippen molar-refractivity contribution < 1.29 is 29.0 Å². The van der Waals surface area contributed by atoms with E-state index in [9.17, 15) is 14.4 Å². The van der Waals surface area contributed by atoms with E-state index in [1.807, 2.05) is 0 Å². The van der Waals surface area contributed by atoms with Crippen molar-refractivity contribution >= 4 is 17.8 Å². The first-order chi connectivity index (χ1) is 7.95. The molecule has 1 saturated heterocycles. The molecule has 0 aromatic rings. The molecule has 0 spiro atoms. The van der Waals surface area contributed by atoms with E-state index in [-0.39, 0.29) is 19.1 Å². The normalized spacial score (nSPS) is 24.5. The van der Waals surface area contributed by atoms with E-state index in [0.717, 1.165) is 0 Å². The first-order valence-corrected chi connectivity index (χ1v) is 5.13. The fraction of sp³-hybridized carbons (Fsp3) is 0.700. The van der Waals surface area contributed by atoms with Crippen LogP contribution in [0.2, 0.25) is 0 Å². The summed E-state index contributed by atoms with van der Waals surface area (Å²) in [6.45, 7) is 1.97. The molecule has 2 N–H and O–H groups in total. The van der Waals surface area contributed by atoms with Gasteiger partial charge in [0.15, 0.2) is 0 Å². The zero-order valence-electron chi connectivity index (χ0n) is 9.69. The van der Waals surface area contributed by atoms with Crippen LogP contribution in [0.5, 0.6) is 0 Å². The van der Waals surface area contributed by atoms with Crippen LogP contribution in [-0.4, -0.2) is 49.8 Å². The minimum absolute atomic E-state index is 0.0228. The van der Waals surface area contributed by atoms with Crippen LogP contribution in [0.1, 0.15) is 6.92 Å². The highest BCUT2D eigenvalue weighted by Crippen LogP contribution is 2.26. The van der Waals surface area contributed by atoms with Gasteiger partial charge in [-0.05, 0) is 0 Å². The summed E-state index contributed by atoms with van der Waals surface area (Å²) in [6.07, 6.45) is 0. The van der Waals surface area contributed by atoms with Gasteiger partial charge in [-0.15, -0.1) is 0 Å². The van der Waals surface area contributed by atoms with Gasteiger partial charge in [-0.25, -0.2) is 0 Å². The highest BCUT2D eigenvalue weighted by Gasteiger charge is 2.61. The van der Waals surface area contributed by atoms with Gasteiger partial charge < -0.3 is 19.9 Å². The topological polar surface area (TPSA) is 102 Å². The Balaban J connectivity index is 2.57. The van der Waals surface area contributed by atoms with Crippen LogP contribution >= 0.6 is 0 Å². The monoisotopic (exact) mass is 245 g/mol. The lowest BCUT2D eigenvalue weighted by Crippen LogP contribution is -2.67. The third kappa shape index (κ3) is 2.38. The van der Waals surface area contributed by atoms with Crippen molar-refractivity contribution in [2.24, 2.45) is 11.3 Å². The maximum atomic E-state index is 11.6. The van der Waals surface area contributed by atoms with E-state index in [1.165, 1.54) is 7.11 Å². The van der Waals surface area contributed by atoms with Gasteiger partial charge in [-0.1, -0.05) is 6.92 Å². The second-order valence-electron chi connectivity index (χ2n) is 4.05. The second kappa shape index (κ2) is 5.13. The lowest BCUT2D eigenvalue weighted by molar-refractivity contribution is -0.179. The minimum Gasteiger partial charge on any atom is -0.480 e. The van der Waals surface area contributed by atoms with Crippen LogP contribution < -0.4 is 5.32 Å². The van der Waals surface area contributed by atoms with Crippen molar-refractivity contribution in [2.75, 3.05) is 26.9 Å². The first-order valence-electron chi connectivity index (χ1n) is 5.13. The number of methoxy groups -OCH3 is 1. The number of rotatable bonds is 6. The molecule has 0 radical (unpaired) electrons. The standard InChI is InChI=1S/C10H15NO6/c1-6(3-16-2)4-17-9(15)10(8(13)14)5-11-7(10)12/h6H,3-5H2,1-2H3,(H,11,12)(H,13,14). The van der Waals surface area contributed by atoms with Gasteiger partial charge in [0.25, 0.3) is 11.3 Å². The quantitative estimate of drug-likeness (QED) is 0.354. The molecule has 2 atom stereocenters. The molecule has 1 fully saturated rings. The molecule has 1 aliphatic rings. The molecule has 7 nitrogen and oxygen atoms in total. The van der Waals surface area contributed by atoms with Crippen LogP contribution in [-0.2, 0) is 23.9 Å². The minimum atomic E-state index is -2.06. The van der Waals surface area contributed by atoms with Crippen LogP contribution in [0.3, 0.4) is 0 Å². The fourth-order valence-corrected chi connectivity index (χ4v) is 1.44. The van der Waals surface area contributed by atoms with Gasteiger partial charge in [0.05, 0.1) is 19.8 Å². The molecule has 0 bridgehead atoms.